The van der Waals surface area contributed by atoms with Crippen LogP contribution in [0, 0.1) is 12.8 Å². The standard InChI is InChI=1S/C15H20N2S/c1-11(2)8-16-9-14-10-17-15(18-14)13-6-4-5-12(3)7-13/h4-7,10-11,16H,8-9H2,1-3H3. The molecule has 2 nitrogen and oxygen atoms in total. The Hall–Kier alpha value is -1.19. The van der Waals surface area contributed by atoms with Crippen LogP contribution in [0.1, 0.15) is 24.3 Å². The van der Waals surface area contributed by atoms with Crippen LogP contribution in [0.3, 0.4) is 0 Å². The molecule has 0 aliphatic carbocycles. The summed E-state index contributed by atoms with van der Waals surface area (Å²) >= 11 is 1.77. The Kier molecular flexibility index (Phi) is 4.50. The summed E-state index contributed by atoms with van der Waals surface area (Å²) in [5.41, 5.74) is 2.50. The first-order valence-corrected chi connectivity index (χ1v) is 7.19. The number of aryl methyl sites for hydroxylation is 1. The third-order valence-electron chi connectivity index (χ3n) is 2.67. The minimum atomic E-state index is 0.689. The zero-order chi connectivity index (χ0) is 13.0. The molecule has 18 heavy (non-hydrogen) atoms. The molecule has 1 heterocycles. The molecule has 0 spiro atoms. The van der Waals surface area contributed by atoms with Gasteiger partial charge in [0.2, 0.25) is 0 Å². The van der Waals surface area contributed by atoms with Crippen LogP contribution in [0.15, 0.2) is 30.5 Å². The molecule has 0 fully saturated rings. The molecule has 1 aromatic heterocycles. The highest BCUT2D eigenvalue weighted by atomic mass is 32.1. The van der Waals surface area contributed by atoms with Crippen LogP contribution in [-0.2, 0) is 6.54 Å². The maximum absolute atomic E-state index is 4.50. The number of aromatic nitrogens is 1. The Bertz CT molecular complexity index is 503. The van der Waals surface area contributed by atoms with Crippen LogP contribution in [0.5, 0.6) is 0 Å². The number of hydrogen-bond donors (Lipinski definition) is 1. The van der Waals surface area contributed by atoms with Crippen LogP contribution >= 0.6 is 11.3 Å². The van der Waals surface area contributed by atoms with Gasteiger partial charge in [0.25, 0.3) is 0 Å². The smallest absolute Gasteiger partial charge is 0.123 e. The maximum atomic E-state index is 4.50. The molecule has 0 unspecified atom stereocenters. The Morgan fingerprint density at radius 1 is 1.33 bits per heavy atom. The van der Waals surface area contributed by atoms with E-state index in [0.29, 0.717) is 5.92 Å². The summed E-state index contributed by atoms with van der Waals surface area (Å²) in [6.45, 7) is 8.53. The van der Waals surface area contributed by atoms with Crippen molar-refractivity contribution in [3.63, 3.8) is 0 Å². The van der Waals surface area contributed by atoms with Gasteiger partial charge in [-0.15, -0.1) is 11.3 Å². The molecule has 0 atom stereocenters. The second-order valence-electron chi connectivity index (χ2n) is 5.03. The van der Waals surface area contributed by atoms with Gasteiger partial charge in [-0.1, -0.05) is 37.6 Å². The monoisotopic (exact) mass is 260 g/mol. The van der Waals surface area contributed by atoms with Crippen molar-refractivity contribution in [2.24, 2.45) is 5.92 Å². The van der Waals surface area contributed by atoms with Gasteiger partial charge < -0.3 is 5.32 Å². The normalized spacial score (nSPS) is 11.1. The molecule has 2 aromatic rings. The van der Waals surface area contributed by atoms with Gasteiger partial charge in [-0.05, 0) is 25.5 Å². The van der Waals surface area contributed by atoms with Crippen LogP contribution < -0.4 is 5.32 Å². The van der Waals surface area contributed by atoms with Gasteiger partial charge in [0.15, 0.2) is 0 Å². The molecule has 0 amide bonds. The van der Waals surface area contributed by atoms with Crippen LogP contribution in [0.2, 0.25) is 0 Å². The van der Waals surface area contributed by atoms with Crippen LogP contribution in [0.25, 0.3) is 10.6 Å². The summed E-state index contributed by atoms with van der Waals surface area (Å²) in [5.74, 6) is 0.689. The minimum absolute atomic E-state index is 0.689. The van der Waals surface area contributed by atoms with Crippen molar-refractivity contribution in [3.8, 4) is 10.6 Å². The summed E-state index contributed by atoms with van der Waals surface area (Å²) in [6, 6.07) is 8.51. The molecule has 0 aliphatic rings. The minimum Gasteiger partial charge on any atom is -0.312 e. The topological polar surface area (TPSA) is 24.9 Å². The van der Waals surface area contributed by atoms with E-state index in [1.165, 1.54) is 16.0 Å². The molecule has 0 radical (unpaired) electrons. The van der Waals surface area contributed by atoms with E-state index in [1.54, 1.807) is 11.3 Å². The van der Waals surface area contributed by atoms with Gasteiger partial charge in [-0.25, -0.2) is 4.98 Å². The number of nitrogens with one attached hydrogen (secondary N) is 1. The van der Waals surface area contributed by atoms with Crippen LogP contribution in [0.4, 0.5) is 0 Å². The number of nitrogens with zero attached hydrogens (tertiary/aromatic N) is 1. The van der Waals surface area contributed by atoms with E-state index in [1.807, 2.05) is 6.20 Å². The molecule has 0 saturated heterocycles. The van der Waals surface area contributed by atoms with Crippen molar-refractivity contribution < 1.29 is 0 Å². The number of rotatable bonds is 5. The van der Waals surface area contributed by atoms with Gasteiger partial charge in [0.1, 0.15) is 5.01 Å². The number of hydrogen-bond acceptors (Lipinski definition) is 3. The fourth-order valence-corrected chi connectivity index (χ4v) is 2.66. The van der Waals surface area contributed by atoms with Crippen molar-refractivity contribution in [1.29, 1.82) is 0 Å². The number of thiazole rings is 1. The Labute approximate surface area is 113 Å². The van der Waals surface area contributed by atoms with Crippen molar-refractivity contribution >= 4 is 11.3 Å². The van der Waals surface area contributed by atoms with E-state index in [-0.39, 0.29) is 0 Å². The third-order valence-corrected chi connectivity index (χ3v) is 3.72. The molecule has 0 aliphatic heterocycles. The van der Waals surface area contributed by atoms with E-state index in [4.69, 9.17) is 0 Å². The highest BCUT2D eigenvalue weighted by Crippen LogP contribution is 2.25. The van der Waals surface area contributed by atoms with Gasteiger partial charge in [0.05, 0.1) is 0 Å². The molecule has 3 heteroatoms. The maximum Gasteiger partial charge on any atom is 0.123 e. The second-order valence-corrected chi connectivity index (χ2v) is 6.14. The van der Waals surface area contributed by atoms with Gasteiger partial charge in [0, 0.05) is 23.2 Å². The highest BCUT2D eigenvalue weighted by molar-refractivity contribution is 7.15. The lowest BCUT2D eigenvalue weighted by Gasteiger charge is -2.04. The van der Waals surface area contributed by atoms with E-state index < -0.39 is 0 Å². The van der Waals surface area contributed by atoms with Gasteiger partial charge in [-0.2, -0.15) is 0 Å². The lowest BCUT2D eigenvalue weighted by atomic mass is 10.1. The zero-order valence-corrected chi connectivity index (χ0v) is 12.1. The molecule has 96 valence electrons. The fraction of sp³-hybridized carbons (Fsp3) is 0.400. The average Bonchev–Trinajstić information content (AvgIpc) is 2.77. The largest absolute Gasteiger partial charge is 0.312 e. The lowest BCUT2D eigenvalue weighted by molar-refractivity contribution is 0.554. The fourth-order valence-electron chi connectivity index (χ4n) is 1.78. The Balaban J connectivity index is 2.02. The molecule has 2 rings (SSSR count). The van der Waals surface area contributed by atoms with E-state index in [2.05, 4.69) is 55.3 Å². The first-order chi connectivity index (χ1) is 8.65. The SMILES string of the molecule is Cc1cccc(-c2ncc(CNCC(C)C)s2)c1. The van der Waals surface area contributed by atoms with E-state index in [9.17, 15) is 0 Å². The summed E-state index contributed by atoms with van der Waals surface area (Å²) in [5, 5.41) is 4.56. The van der Waals surface area contributed by atoms with Crippen molar-refractivity contribution in [3.05, 3.63) is 40.9 Å². The predicted molar refractivity (Wildman–Crippen MR) is 78.8 cm³/mol. The predicted octanol–water partition coefficient (Wildman–Crippen LogP) is 3.86. The van der Waals surface area contributed by atoms with E-state index >= 15 is 0 Å². The van der Waals surface area contributed by atoms with Gasteiger partial charge >= 0.3 is 0 Å². The van der Waals surface area contributed by atoms with Crippen molar-refractivity contribution in [1.82, 2.24) is 10.3 Å². The van der Waals surface area contributed by atoms with Crippen LogP contribution in [-0.4, -0.2) is 11.5 Å². The molecular weight excluding hydrogens is 240 g/mol. The van der Waals surface area contributed by atoms with Gasteiger partial charge in [-0.3, -0.25) is 0 Å². The first-order valence-electron chi connectivity index (χ1n) is 6.37. The third kappa shape index (κ3) is 3.65. The molecule has 0 bridgehead atoms. The molecular formula is C15H20N2S. The Morgan fingerprint density at radius 3 is 2.89 bits per heavy atom. The second kappa shape index (κ2) is 6.12. The molecule has 1 aromatic carbocycles. The summed E-state index contributed by atoms with van der Waals surface area (Å²) in [6.07, 6.45) is 1.98. The summed E-state index contributed by atoms with van der Waals surface area (Å²) < 4.78 is 0. The average molecular weight is 260 g/mol. The summed E-state index contributed by atoms with van der Waals surface area (Å²) in [7, 11) is 0. The lowest BCUT2D eigenvalue weighted by Crippen LogP contribution is -2.18. The Morgan fingerprint density at radius 2 is 2.17 bits per heavy atom. The first kappa shape index (κ1) is 13.2. The summed E-state index contributed by atoms with van der Waals surface area (Å²) in [4.78, 5) is 5.80. The van der Waals surface area contributed by atoms with Crippen molar-refractivity contribution in [2.45, 2.75) is 27.3 Å². The van der Waals surface area contributed by atoms with E-state index in [0.717, 1.165) is 18.1 Å². The highest BCUT2D eigenvalue weighted by Gasteiger charge is 2.04. The zero-order valence-electron chi connectivity index (χ0n) is 11.2. The van der Waals surface area contributed by atoms with Crippen molar-refractivity contribution in [2.75, 3.05) is 6.54 Å². The number of benzene rings is 1. The quantitative estimate of drug-likeness (QED) is 0.883. The molecule has 1 N–H and O–H groups in total. The molecule has 0 saturated carbocycles.